The molecule has 0 aliphatic carbocycles. The zero-order chi connectivity index (χ0) is 20.8. The molecule has 0 radical (unpaired) electrons. The van der Waals surface area contributed by atoms with Crippen LogP contribution < -0.4 is 4.90 Å². The van der Waals surface area contributed by atoms with Gasteiger partial charge in [-0.25, -0.2) is 4.90 Å². The van der Waals surface area contributed by atoms with Crippen LogP contribution in [0.15, 0.2) is 63.4 Å². The van der Waals surface area contributed by atoms with Gasteiger partial charge in [-0.15, -0.1) is 0 Å². The maximum atomic E-state index is 13.1. The SMILES string of the molecule is Cc1ccc(N2C(=O)[C@@H]3N=NN(Cc4nc(-c5ccccc5)no4)[C@H]3C2=O)cc1Cl. The van der Waals surface area contributed by atoms with E-state index in [1.165, 1.54) is 5.01 Å². The fraction of sp³-hybridized carbons (Fsp3) is 0.200. The minimum atomic E-state index is -0.908. The smallest absolute Gasteiger partial charge is 0.263 e. The maximum absolute atomic E-state index is 13.1. The number of hydrogen-bond acceptors (Lipinski definition) is 8. The maximum Gasteiger partial charge on any atom is 0.263 e. The summed E-state index contributed by atoms with van der Waals surface area (Å²) in [4.78, 5) is 31.3. The Morgan fingerprint density at radius 3 is 2.67 bits per heavy atom. The van der Waals surface area contributed by atoms with Crippen LogP contribution in [0.4, 0.5) is 5.69 Å². The number of imide groups is 1. The van der Waals surface area contributed by atoms with Crippen molar-refractivity contribution in [1.29, 1.82) is 0 Å². The predicted octanol–water partition coefficient (Wildman–Crippen LogP) is 3.19. The van der Waals surface area contributed by atoms with Crippen molar-refractivity contribution in [1.82, 2.24) is 15.1 Å². The number of aryl methyl sites for hydroxylation is 1. The molecule has 0 bridgehead atoms. The number of hydrogen-bond donors (Lipinski definition) is 0. The second kappa shape index (κ2) is 7.03. The minimum Gasteiger partial charge on any atom is -0.337 e. The van der Waals surface area contributed by atoms with E-state index in [4.69, 9.17) is 16.1 Å². The molecule has 9 nitrogen and oxygen atoms in total. The van der Waals surface area contributed by atoms with Crippen LogP contribution in [0.25, 0.3) is 11.4 Å². The van der Waals surface area contributed by atoms with Gasteiger partial charge in [0, 0.05) is 10.6 Å². The van der Waals surface area contributed by atoms with Gasteiger partial charge in [-0.05, 0) is 24.6 Å². The van der Waals surface area contributed by atoms with Gasteiger partial charge in [-0.2, -0.15) is 10.1 Å². The third-order valence-electron chi connectivity index (χ3n) is 5.07. The number of carbonyl (C=O) groups is 2. The number of carbonyl (C=O) groups excluding carboxylic acids is 2. The van der Waals surface area contributed by atoms with Crippen molar-refractivity contribution in [3.8, 4) is 11.4 Å². The molecule has 0 N–H and O–H groups in total. The highest BCUT2D eigenvalue weighted by atomic mass is 35.5. The third-order valence-corrected chi connectivity index (χ3v) is 5.48. The summed E-state index contributed by atoms with van der Waals surface area (Å²) in [6.07, 6.45) is 0. The number of benzene rings is 2. The average molecular weight is 423 g/mol. The van der Waals surface area contributed by atoms with E-state index < -0.39 is 23.9 Å². The molecular formula is C20H15ClN6O3. The largest absolute Gasteiger partial charge is 0.337 e. The Morgan fingerprint density at radius 1 is 1.10 bits per heavy atom. The second-order valence-corrected chi connectivity index (χ2v) is 7.42. The van der Waals surface area contributed by atoms with Gasteiger partial charge in [0.15, 0.2) is 12.1 Å². The molecule has 30 heavy (non-hydrogen) atoms. The molecule has 150 valence electrons. The molecule has 0 saturated carbocycles. The first-order chi connectivity index (χ1) is 14.5. The Bertz CT molecular complexity index is 1180. The zero-order valence-electron chi connectivity index (χ0n) is 15.8. The van der Waals surface area contributed by atoms with Crippen molar-refractivity contribution in [2.24, 2.45) is 10.3 Å². The van der Waals surface area contributed by atoms with Gasteiger partial charge in [0.1, 0.15) is 6.54 Å². The molecule has 5 rings (SSSR count). The Balaban J connectivity index is 1.38. The van der Waals surface area contributed by atoms with Gasteiger partial charge < -0.3 is 4.52 Å². The van der Waals surface area contributed by atoms with Gasteiger partial charge in [-0.1, -0.05) is 58.4 Å². The molecular weight excluding hydrogens is 408 g/mol. The van der Waals surface area contributed by atoms with Crippen LogP contribution in [0.2, 0.25) is 5.02 Å². The van der Waals surface area contributed by atoms with E-state index in [2.05, 4.69) is 20.5 Å². The van der Waals surface area contributed by atoms with Crippen LogP contribution >= 0.6 is 11.6 Å². The number of rotatable bonds is 4. The lowest BCUT2D eigenvalue weighted by Gasteiger charge is -2.19. The van der Waals surface area contributed by atoms with E-state index in [1.54, 1.807) is 18.2 Å². The van der Waals surface area contributed by atoms with Crippen molar-refractivity contribution in [2.45, 2.75) is 25.6 Å². The first kappa shape index (κ1) is 18.4. The quantitative estimate of drug-likeness (QED) is 0.598. The number of aromatic nitrogens is 2. The molecule has 0 unspecified atom stereocenters. The standard InChI is InChI=1S/C20H15ClN6O3/c1-11-7-8-13(9-14(11)21)27-19(28)16-17(20(27)29)26(25-23-16)10-15-22-18(24-30-15)12-5-3-2-4-6-12/h2-9,16-17H,10H2,1H3/t16-,17-/m1/s1. The molecule has 3 heterocycles. The van der Waals surface area contributed by atoms with Gasteiger partial charge >= 0.3 is 0 Å². The first-order valence-electron chi connectivity index (χ1n) is 9.22. The highest BCUT2D eigenvalue weighted by Gasteiger charge is 2.55. The van der Waals surface area contributed by atoms with Crippen LogP contribution in [-0.4, -0.2) is 39.0 Å². The van der Waals surface area contributed by atoms with Crippen molar-refractivity contribution in [2.75, 3.05) is 4.90 Å². The molecule has 0 spiro atoms. The summed E-state index contributed by atoms with van der Waals surface area (Å²) in [5, 5.41) is 13.8. The van der Waals surface area contributed by atoms with Gasteiger partial charge in [-0.3, -0.25) is 14.6 Å². The summed E-state index contributed by atoms with van der Waals surface area (Å²) in [5.41, 5.74) is 2.07. The lowest BCUT2D eigenvalue weighted by atomic mass is 10.1. The summed E-state index contributed by atoms with van der Waals surface area (Å²) in [6, 6.07) is 12.6. The van der Waals surface area contributed by atoms with Gasteiger partial charge in [0.25, 0.3) is 11.8 Å². The monoisotopic (exact) mass is 422 g/mol. The molecule has 1 saturated heterocycles. The van der Waals surface area contributed by atoms with Crippen LogP contribution in [0.1, 0.15) is 11.5 Å². The number of fused-ring (bicyclic) bond motifs is 1. The molecule has 2 aliphatic rings. The van der Waals surface area contributed by atoms with Crippen molar-refractivity contribution < 1.29 is 14.1 Å². The lowest BCUT2D eigenvalue weighted by Crippen LogP contribution is -2.39. The van der Waals surface area contributed by atoms with Crippen molar-refractivity contribution in [3.05, 3.63) is 65.0 Å². The van der Waals surface area contributed by atoms with Crippen molar-refractivity contribution in [3.63, 3.8) is 0 Å². The van der Waals surface area contributed by atoms with Crippen LogP contribution in [-0.2, 0) is 16.1 Å². The Labute approximate surface area is 175 Å². The van der Waals surface area contributed by atoms with E-state index in [0.717, 1.165) is 16.0 Å². The van der Waals surface area contributed by atoms with Crippen LogP contribution in [0.3, 0.4) is 0 Å². The molecule has 2 aliphatic heterocycles. The highest BCUT2D eigenvalue weighted by Crippen LogP contribution is 2.34. The molecule has 2 aromatic carbocycles. The molecule has 1 aromatic heterocycles. The highest BCUT2D eigenvalue weighted by molar-refractivity contribution is 6.32. The molecule has 2 atom stereocenters. The summed E-state index contributed by atoms with van der Waals surface area (Å²) in [5.74, 6) is -0.155. The number of amides is 2. The van der Waals surface area contributed by atoms with Crippen molar-refractivity contribution >= 4 is 29.1 Å². The van der Waals surface area contributed by atoms with E-state index in [0.29, 0.717) is 16.5 Å². The van der Waals surface area contributed by atoms with Gasteiger partial charge in [0.05, 0.1) is 5.69 Å². The summed E-state index contributed by atoms with van der Waals surface area (Å²) in [6.45, 7) is 1.91. The molecule has 2 amide bonds. The minimum absolute atomic E-state index is 0.0615. The summed E-state index contributed by atoms with van der Waals surface area (Å²) < 4.78 is 5.30. The number of halogens is 1. The molecule has 1 fully saturated rings. The van der Waals surface area contributed by atoms with Gasteiger partial charge in [0.2, 0.25) is 11.7 Å². The second-order valence-electron chi connectivity index (χ2n) is 7.02. The molecule has 3 aromatic rings. The first-order valence-corrected chi connectivity index (χ1v) is 9.60. The Kier molecular flexibility index (Phi) is 4.32. The van der Waals surface area contributed by atoms with E-state index in [-0.39, 0.29) is 12.4 Å². The van der Waals surface area contributed by atoms with E-state index in [1.807, 2.05) is 37.3 Å². The van der Waals surface area contributed by atoms with Crippen LogP contribution in [0, 0.1) is 6.92 Å². The normalized spacial score (nSPS) is 20.3. The number of nitrogens with zero attached hydrogens (tertiary/aromatic N) is 6. The zero-order valence-corrected chi connectivity index (χ0v) is 16.5. The van der Waals surface area contributed by atoms with E-state index >= 15 is 0 Å². The Hall–Kier alpha value is -3.59. The topological polar surface area (TPSA) is 104 Å². The third kappa shape index (κ3) is 2.94. The fourth-order valence-corrected chi connectivity index (χ4v) is 3.67. The average Bonchev–Trinajstić information content (AvgIpc) is 3.44. The van der Waals surface area contributed by atoms with E-state index in [9.17, 15) is 9.59 Å². The Morgan fingerprint density at radius 2 is 1.90 bits per heavy atom. The summed E-state index contributed by atoms with van der Waals surface area (Å²) >= 11 is 6.17. The number of anilines is 1. The summed E-state index contributed by atoms with van der Waals surface area (Å²) in [7, 11) is 0. The fourth-order valence-electron chi connectivity index (χ4n) is 3.49. The lowest BCUT2D eigenvalue weighted by molar-refractivity contribution is -0.123. The molecule has 10 heteroatoms. The van der Waals surface area contributed by atoms with Crippen LogP contribution in [0.5, 0.6) is 0 Å². The predicted molar refractivity (Wildman–Crippen MR) is 106 cm³/mol.